The number of carbonyl (C=O) groups excluding carboxylic acids is 3. The van der Waals surface area contributed by atoms with E-state index in [1.165, 1.54) is 167 Å². The summed E-state index contributed by atoms with van der Waals surface area (Å²) in [7, 11) is 0. The van der Waals surface area contributed by atoms with Gasteiger partial charge in [0.25, 0.3) is 0 Å². The molecule has 6 heteroatoms. The van der Waals surface area contributed by atoms with Gasteiger partial charge in [-0.1, -0.05) is 247 Å². The monoisotopic (exact) mass is 835 g/mol. The fourth-order valence-corrected chi connectivity index (χ4v) is 7.87. The molecule has 0 bridgehead atoms. The van der Waals surface area contributed by atoms with Crippen molar-refractivity contribution in [2.24, 2.45) is 17.8 Å². The molecule has 6 nitrogen and oxygen atoms in total. The number of esters is 3. The van der Waals surface area contributed by atoms with Gasteiger partial charge in [0, 0.05) is 19.3 Å². The molecule has 0 aromatic rings. The van der Waals surface area contributed by atoms with Gasteiger partial charge in [-0.3, -0.25) is 14.4 Å². The van der Waals surface area contributed by atoms with E-state index in [-0.39, 0.29) is 31.1 Å². The topological polar surface area (TPSA) is 78.9 Å². The van der Waals surface area contributed by atoms with Crippen LogP contribution in [0.5, 0.6) is 0 Å². The SMILES string of the molecule is CCC(C)CCCCCCCCCCCCCCCCC(=O)O[C@H](COC(=O)CCCCCCCCCCC(C)C)COC(=O)CCCCCCCCCCC(C)CC. The highest BCUT2D eigenvalue weighted by Gasteiger charge is 2.19. The van der Waals surface area contributed by atoms with E-state index in [0.29, 0.717) is 19.3 Å². The van der Waals surface area contributed by atoms with Gasteiger partial charge in [-0.05, 0) is 37.0 Å². The van der Waals surface area contributed by atoms with E-state index in [2.05, 4.69) is 41.5 Å². The van der Waals surface area contributed by atoms with E-state index in [1.54, 1.807) is 0 Å². The van der Waals surface area contributed by atoms with E-state index in [0.717, 1.165) is 75.5 Å². The van der Waals surface area contributed by atoms with Crippen molar-refractivity contribution in [3.8, 4) is 0 Å². The minimum atomic E-state index is -0.763. The predicted octanol–water partition coefficient (Wildman–Crippen LogP) is 16.8. The van der Waals surface area contributed by atoms with Crippen LogP contribution in [0.25, 0.3) is 0 Å². The molecule has 0 N–H and O–H groups in total. The van der Waals surface area contributed by atoms with Crippen molar-refractivity contribution in [1.29, 1.82) is 0 Å². The first kappa shape index (κ1) is 57.4. The molecule has 0 aliphatic rings. The molecule has 0 amide bonds. The highest BCUT2D eigenvalue weighted by Crippen LogP contribution is 2.18. The Kier molecular flexibility index (Phi) is 43.3. The van der Waals surface area contributed by atoms with Crippen LogP contribution in [0.2, 0.25) is 0 Å². The molecule has 0 saturated carbocycles. The molecule has 0 aromatic heterocycles. The van der Waals surface area contributed by atoms with Gasteiger partial charge in [0.15, 0.2) is 6.10 Å². The van der Waals surface area contributed by atoms with Gasteiger partial charge in [-0.25, -0.2) is 0 Å². The highest BCUT2D eigenvalue weighted by atomic mass is 16.6. The Morgan fingerprint density at radius 1 is 0.339 bits per heavy atom. The van der Waals surface area contributed by atoms with Gasteiger partial charge >= 0.3 is 17.9 Å². The van der Waals surface area contributed by atoms with E-state index in [1.807, 2.05) is 0 Å². The smallest absolute Gasteiger partial charge is 0.306 e. The molecule has 0 fully saturated rings. The molecule has 0 spiro atoms. The number of hydrogen-bond donors (Lipinski definition) is 0. The highest BCUT2D eigenvalue weighted by molar-refractivity contribution is 5.71. The standard InChI is InChI=1S/C53H102O6/c1-7-48(5)40-34-28-22-15-13-11-9-10-12-14-16-26-32-38-44-53(56)59-50(45-57-51(54)42-36-30-24-19-17-21-27-33-39-47(3)4)46-58-52(55)43-37-31-25-20-18-23-29-35-41-49(6)8-2/h47-50H,7-46H2,1-6H3/t48?,49?,50-/m1/s1. The zero-order chi connectivity index (χ0) is 43.4. The van der Waals surface area contributed by atoms with Crippen molar-refractivity contribution in [3.05, 3.63) is 0 Å². The van der Waals surface area contributed by atoms with Gasteiger partial charge in [0.05, 0.1) is 0 Å². The number of unbranched alkanes of at least 4 members (excludes halogenated alkanes) is 27. The van der Waals surface area contributed by atoms with E-state index < -0.39 is 6.10 Å². The zero-order valence-corrected chi connectivity index (χ0v) is 40.5. The normalized spacial score (nSPS) is 13.1. The third-order valence-corrected chi connectivity index (χ3v) is 12.6. The van der Waals surface area contributed by atoms with E-state index in [9.17, 15) is 14.4 Å². The average molecular weight is 835 g/mol. The molecule has 2 unspecified atom stereocenters. The Morgan fingerprint density at radius 2 is 0.593 bits per heavy atom. The molecule has 350 valence electrons. The first-order valence-electron chi connectivity index (χ1n) is 26.2. The van der Waals surface area contributed by atoms with Gasteiger partial charge in [-0.2, -0.15) is 0 Å². The summed E-state index contributed by atoms with van der Waals surface area (Å²) in [5.74, 6) is 1.68. The Bertz CT molecular complexity index is 918. The molecular formula is C53H102O6. The minimum absolute atomic E-state index is 0.0654. The fraction of sp³-hybridized carbons (Fsp3) is 0.943. The third kappa shape index (κ3) is 44.3. The second kappa shape index (κ2) is 44.5. The summed E-state index contributed by atoms with van der Waals surface area (Å²) < 4.78 is 16.8. The molecule has 0 heterocycles. The average Bonchev–Trinajstić information content (AvgIpc) is 3.22. The van der Waals surface area contributed by atoms with Crippen LogP contribution in [0.3, 0.4) is 0 Å². The molecule has 0 aliphatic carbocycles. The Hall–Kier alpha value is -1.59. The fourth-order valence-electron chi connectivity index (χ4n) is 7.87. The first-order valence-corrected chi connectivity index (χ1v) is 26.2. The summed E-state index contributed by atoms with van der Waals surface area (Å²) in [4.78, 5) is 37.9. The zero-order valence-electron chi connectivity index (χ0n) is 40.5. The number of rotatable bonds is 46. The van der Waals surface area contributed by atoms with Crippen LogP contribution in [-0.2, 0) is 28.6 Å². The van der Waals surface area contributed by atoms with Crippen LogP contribution in [0, 0.1) is 17.8 Å². The van der Waals surface area contributed by atoms with Crippen molar-refractivity contribution < 1.29 is 28.6 Å². The molecular weight excluding hydrogens is 733 g/mol. The first-order chi connectivity index (χ1) is 28.7. The Morgan fingerprint density at radius 3 is 0.881 bits per heavy atom. The number of carbonyl (C=O) groups is 3. The quantitative estimate of drug-likeness (QED) is 0.0345. The van der Waals surface area contributed by atoms with Crippen molar-refractivity contribution in [2.75, 3.05) is 13.2 Å². The van der Waals surface area contributed by atoms with Crippen LogP contribution in [-0.4, -0.2) is 37.2 Å². The van der Waals surface area contributed by atoms with Crippen LogP contribution >= 0.6 is 0 Å². The second-order valence-corrected chi connectivity index (χ2v) is 19.1. The third-order valence-electron chi connectivity index (χ3n) is 12.6. The Labute approximate surface area is 368 Å². The van der Waals surface area contributed by atoms with E-state index in [4.69, 9.17) is 14.2 Å². The molecule has 0 rings (SSSR count). The van der Waals surface area contributed by atoms with Crippen LogP contribution in [0.1, 0.15) is 286 Å². The maximum atomic E-state index is 12.8. The molecule has 0 aromatic carbocycles. The lowest BCUT2D eigenvalue weighted by Gasteiger charge is -2.18. The van der Waals surface area contributed by atoms with Crippen LogP contribution in [0.4, 0.5) is 0 Å². The van der Waals surface area contributed by atoms with Crippen molar-refractivity contribution in [3.63, 3.8) is 0 Å². The summed E-state index contributed by atoms with van der Waals surface area (Å²) in [5.41, 5.74) is 0. The lowest BCUT2D eigenvalue weighted by atomic mass is 9.99. The van der Waals surface area contributed by atoms with Crippen LogP contribution in [0.15, 0.2) is 0 Å². The van der Waals surface area contributed by atoms with Gasteiger partial charge in [-0.15, -0.1) is 0 Å². The second-order valence-electron chi connectivity index (χ2n) is 19.1. The lowest BCUT2D eigenvalue weighted by Crippen LogP contribution is -2.30. The van der Waals surface area contributed by atoms with Crippen molar-refractivity contribution >= 4 is 17.9 Å². The molecule has 59 heavy (non-hydrogen) atoms. The minimum Gasteiger partial charge on any atom is -0.462 e. The Balaban J connectivity index is 4.30. The molecule has 0 aliphatic heterocycles. The summed E-state index contributed by atoms with van der Waals surface area (Å²) in [5, 5.41) is 0. The number of ether oxygens (including phenoxy) is 3. The maximum Gasteiger partial charge on any atom is 0.306 e. The summed E-state index contributed by atoms with van der Waals surface area (Å²) in [6.07, 6.45) is 43.7. The maximum absolute atomic E-state index is 12.8. The summed E-state index contributed by atoms with van der Waals surface area (Å²) >= 11 is 0. The van der Waals surface area contributed by atoms with Gasteiger partial charge in [0.2, 0.25) is 0 Å². The van der Waals surface area contributed by atoms with Crippen molar-refractivity contribution in [1.82, 2.24) is 0 Å². The summed E-state index contributed by atoms with van der Waals surface area (Å²) in [6.45, 7) is 13.7. The number of hydrogen-bond acceptors (Lipinski definition) is 6. The summed E-state index contributed by atoms with van der Waals surface area (Å²) in [6, 6.07) is 0. The molecule has 0 saturated heterocycles. The largest absolute Gasteiger partial charge is 0.462 e. The lowest BCUT2D eigenvalue weighted by molar-refractivity contribution is -0.167. The van der Waals surface area contributed by atoms with Gasteiger partial charge < -0.3 is 14.2 Å². The van der Waals surface area contributed by atoms with Crippen molar-refractivity contribution in [2.45, 2.75) is 292 Å². The molecule has 3 atom stereocenters. The van der Waals surface area contributed by atoms with E-state index >= 15 is 0 Å². The van der Waals surface area contributed by atoms with Gasteiger partial charge in [0.1, 0.15) is 13.2 Å². The predicted molar refractivity (Wildman–Crippen MR) is 252 cm³/mol. The van der Waals surface area contributed by atoms with Crippen LogP contribution < -0.4 is 0 Å². The molecule has 0 radical (unpaired) electrons.